The number of carbonyl (C=O) groups is 1. The Morgan fingerprint density at radius 1 is 1.29 bits per heavy atom. The van der Waals surface area contributed by atoms with E-state index in [2.05, 4.69) is 4.98 Å². The quantitative estimate of drug-likeness (QED) is 0.875. The lowest BCUT2D eigenvalue weighted by Crippen LogP contribution is -2.10. The van der Waals surface area contributed by atoms with Crippen LogP contribution in [-0.2, 0) is 0 Å². The molecule has 0 aliphatic carbocycles. The Labute approximate surface area is 120 Å². The molecule has 0 aliphatic rings. The molecular weight excluding hydrogens is 272 g/mol. The number of nitriles is 1. The second kappa shape index (κ2) is 5.79. The molecule has 0 bridgehead atoms. The van der Waals surface area contributed by atoms with Gasteiger partial charge in [0.15, 0.2) is 17.2 Å². The van der Waals surface area contributed by atoms with Gasteiger partial charge >= 0.3 is 0 Å². The van der Waals surface area contributed by atoms with Gasteiger partial charge < -0.3 is 20.9 Å². The standard InChI is InChI=1S/C14H12N4O3/c1-20-12-6-8(14(17)19)2-4-11(12)21-13-5-3-9(16)10(7-15)18-13/h2-6H,16H2,1H3,(H2,17,19). The lowest BCUT2D eigenvalue weighted by Gasteiger charge is -2.10. The van der Waals surface area contributed by atoms with Crippen LogP contribution in [0.15, 0.2) is 30.3 Å². The number of anilines is 1. The minimum Gasteiger partial charge on any atom is -0.493 e. The fraction of sp³-hybridized carbons (Fsp3) is 0.0714. The van der Waals surface area contributed by atoms with Crippen LogP contribution in [0.1, 0.15) is 16.1 Å². The van der Waals surface area contributed by atoms with Gasteiger partial charge in [0.2, 0.25) is 11.8 Å². The number of aromatic nitrogens is 1. The van der Waals surface area contributed by atoms with Gasteiger partial charge in [-0.1, -0.05) is 0 Å². The number of hydrogen-bond acceptors (Lipinski definition) is 6. The third-order valence-electron chi connectivity index (χ3n) is 2.67. The first kappa shape index (κ1) is 14.1. The summed E-state index contributed by atoms with van der Waals surface area (Å²) in [6.07, 6.45) is 0. The number of nitrogens with zero attached hydrogens (tertiary/aromatic N) is 2. The van der Waals surface area contributed by atoms with E-state index in [-0.39, 0.29) is 17.3 Å². The van der Waals surface area contributed by atoms with Crippen LogP contribution in [0.2, 0.25) is 0 Å². The third kappa shape index (κ3) is 3.01. The fourth-order valence-electron chi connectivity index (χ4n) is 1.62. The van der Waals surface area contributed by atoms with E-state index in [1.165, 1.54) is 37.4 Å². The van der Waals surface area contributed by atoms with E-state index in [9.17, 15) is 4.79 Å². The summed E-state index contributed by atoms with van der Waals surface area (Å²) in [6.45, 7) is 0. The predicted molar refractivity (Wildman–Crippen MR) is 75.0 cm³/mol. The van der Waals surface area contributed by atoms with Crippen molar-refractivity contribution in [2.75, 3.05) is 12.8 Å². The summed E-state index contributed by atoms with van der Waals surface area (Å²) in [5.41, 5.74) is 11.4. The van der Waals surface area contributed by atoms with Gasteiger partial charge in [-0.05, 0) is 24.3 Å². The number of nitrogens with two attached hydrogens (primary N) is 2. The highest BCUT2D eigenvalue weighted by Crippen LogP contribution is 2.32. The number of nitrogen functional groups attached to an aromatic ring is 1. The predicted octanol–water partition coefficient (Wildman–Crippen LogP) is 1.44. The van der Waals surface area contributed by atoms with Crippen LogP contribution in [0.4, 0.5) is 5.69 Å². The van der Waals surface area contributed by atoms with Crippen LogP contribution in [0, 0.1) is 11.3 Å². The van der Waals surface area contributed by atoms with Gasteiger partial charge in [-0.15, -0.1) is 0 Å². The molecule has 0 radical (unpaired) electrons. The van der Waals surface area contributed by atoms with Crippen molar-refractivity contribution in [2.24, 2.45) is 5.73 Å². The van der Waals surface area contributed by atoms with Gasteiger partial charge in [-0.25, -0.2) is 4.98 Å². The van der Waals surface area contributed by atoms with E-state index in [0.717, 1.165) is 0 Å². The molecule has 0 saturated carbocycles. The number of pyridine rings is 1. The van der Waals surface area contributed by atoms with Crippen LogP contribution in [0.25, 0.3) is 0 Å². The highest BCUT2D eigenvalue weighted by molar-refractivity contribution is 5.93. The van der Waals surface area contributed by atoms with Crippen molar-refractivity contribution in [3.05, 3.63) is 41.6 Å². The van der Waals surface area contributed by atoms with Crippen molar-refractivity contribution in [3.63, 3.8) is 0 Å². The molecule has 4 N–H and O–H groups in total. The van der Waals surface area contributed by atoms with Crippen molar-refractivity contribution in [1.29, 1.82) is 5.26 Å². The molecule has 106 valence electrons. The summed E-state index contributed by atoms with van der Waals surface area (Å²) in [5, 5.41) is 8.88. The Hall–Kier alpha value is -3.27. The average molecular weight is 284 g/mol. The SMILES string of the molecule is COc1cc(C(N)=O)ccc1Oc1ccc(N)c(C#N)n1. The third-order valence-corrected chi connectivity index (χ3v) is 2.67. The van der Waals surface area contributed by atoms with Crippen molar-refractivity contribution in [2.45, 2.75) is 0 Å². The highest BCUT2D eigenvalue weighted by atomic mass is 16.5. The molecule has 2 aromatic rings. The Bertz CT molecular complexity index is 737. The lowest BCUT2D eigenvalue weighted by molar-refractivity contribution is 0.1000. The molecule has 1 aromatic carbocycles. The average Bonchev–Trinajstić information content (AvgIpc) is 2.49. The van der Waals surface area contributed by atoms with Crippen LogP contribution in [0.5, 0.6) is 17.4 Å². The summed E-state index contributed by atoms with van der Waals surface area (Å²) >= 11 is 0. The monoisotopic (exact) mass is 284 g/mol. The Morgan fingerprint density at radius 2 is 2.05 bits per heavy atom. The van der Waals surface area contributed by atoms with Crippen molar-refractivity contribution >= 4 is 11.6 Å². The van der Waals surface area contributed by atoms with Crippen LogP contribution >= 0.6 is 0 Å². The number of carbonyl (C=O) groups excluding carboxylic acids is 1. The number of hydrogen-bond donors (Lipinski definition) is 2. The van der Waals surface area contributed by atoms with E-state index in [1.807, 2.05) is 6.07 Å². The van der Waals surface area contributed by atoms with Crippen LogP contribution < -0.4 is 20.9 Å². The molecule has 0 fully saturated rings. The largest absolute Gasteiger partial charge is 0.493 e. The molecule has 1 aromatic heterocycles. The van der Waals surface area contributed by atoms with E-state index in [4.69, 9.17) is 26.2 Å². The number of benzene rings is 1. The molecule has 7 heteroatoms. The van der Waals surface area contributed by atoms with E-state index >= 15 is 0 Å². The number of ether oxygens (including phenoxy) is 2. The molecule has 7 nitrogen and oxygen atoms in total. The van der Waals surface area contributed by atoms with Gasteiger partial charge in [0, 0.05) is 11.6 Å². The maximum Gasteiger partial charge on any atom is 0.248 e. The highest BCUT2D eigenvalue weighted by Gasteiger charge is 2.11. The summed E-state index contributed by atoms with van der Waals surface area (Å²) in [5.74, 6) is 0.273. The lowest BCUT2D eigenvalue weighted by atomic mass is 10.2. The van der Waals surface area contributed by atoms with Gasteiger partial charge in [0.1, 0.15) is 6.07 Å². The van der Waals surface area contributed by atoms with E-state index in [1.54, 1.807) is 0 Å². The van der Waals surface area contributed by atoms with Gasteiger partial charge in [0.25, 0.3) is 0 Å². The van der Waals surface area contributed by atoms with Crippen LogP contribution in [-0.4, -0.2) is 18.0 Å². The molecule has 0 aliphatic heterocycles. The second-order valence-electron chi connectivity index (χ2n) is 4.03. The zero-order valence-corrected chi connectivity index (χ0v) is 11.2. The molecule has 0 atom stereocenters. The van der Waals surface area contributed by atoms with Crippen molar-refractivity contribution < 1.29 is 14.3 Å². The maximum absolute atomic E-state index is 11.1. The molecule has 21 heavy (non-hydrogen) atoms. The smallest absolute Gasteiger partial charge is 0.248 e. The molecule has 1 heterocycles. The van der Waals surface area contributed by atoms with E-state index < -0.39 is 5.91 Å². The minimum absolute atomic E-state index is 0.0697. The number of amides is 1. The number of rotatable bonds is 4. The Balaban J connectivity index is 2.35. The first-order valence-corrected chi connectivity index (χ1v) is 5.87. The van der Waals surface area contributed by atoms with E-state index in [0.29, 0.717) is 17.1 Å². The summed E-state index contributed by atoms with van der Waals surface area (Å²) in [7, 11) is 1.43. The Kier molecular flexibility index (Phi) is 3.90. The summed E-state index contributed by atoms with van der Waals surface area (Å²) in [4.78, 5) is 15.1. The van der Waals surface area contributed by atoms with Crippen LogP contribution in [0.3, 0.4) is 0 Å². The van der Waals surface area contributed by atoms with Gasteiger partial charge in [-0.2, -0.15) is 5.26 Å². The molecule has 0 saturated heterocycles. The first-order valence-electron chi connectivity index (χ1n) is 5.87. The maximum atomic E-state index is 11.1. The van der Waals surface area contributed by atoms with Crippen molar-refractivity contribution in [3.8, 4) is 23.4 Å². The topological polar surface area (TPSA) is 124 Å². The summed E-state index contributed by atoms with van der Waals surface area (Å²) in [6, 6.07) is 9.40. The zero-order valence-electron chi connectivity index (χ0n) is 11.2. The molecule has 0 spiro atoms. The van der Waals surface area contributed by atoms with Gasteiger partial charge in [0.05, 0.1) is 12.8 Å². The molecule has 1 amide bonds. The van der Waals surface area contributed by atoms with Crippen molar-refractivity contribution in [1.82, 2.24) is 4.98 Å². The number of methoxy groups -OCH3 is 1. The minimum atomic E-state index is -0.572. The normalized spacial score (nSPS) is 9.71. The second-order valence-corrected chi connectivity index (χ2v) is 4.03. The molecule has 0 unspecified atom stereocenters. The molecule has 2 rings (SSSR count). The first-order chi connectivity index (χ1) is 10.0. The molecular formula is C14H12N4O3. The fourth-order valence-corrected chi connectivity index (χ4v) is 1.62. The number of primary amides is 1. The van der Waals surface area contributed by atoms with Gasteiger partial charge in [-0.3, -0.25) is 4.79 Å². The summed E-state index contributed by atoms with van der Waals surface area (Å²) < 4.78 is 10.7. The Morgan fingerprint density at radius 3 is 2.67 bits per heavy atom. The zero-order chi connectivity index (χ0) is 15.4.